The molecule has 28 heteroatoms. The minimum atomic E-state index is -1.06. The lowest BCUT2D eigenvalue weighted by atomic mass is 9.80. The summed E-state index contributed by atoms with van der Waals surface area (Å²) < 4.78 is 94.1. The normalized spacial score (nSPS) is 14.3. The Morgan fingerprint density at radius 1 is 0.495 bits per heavy atom. The van der Waals surface area contributed by atoms with E-state index in [1.807, 2.05) is 32.9 Å². The Balaban J connectivity index is 1.90. The van der Waals surface area contributed by atoms with Gasteiger partial charge in [-0.2, -0.15) is 0 Å². The monoisotopic (exact) mass is 1390 g/mol. The highest BCUT2D eigenvalue weighted by Gasteiger charge is 2.45. The molecule has 0 aromatic heterocycles. The molecular formula is C69H123N5O23. The van der Waals surface area contributed by atoms with Gasteiger partial charge in [-0.25, -0.2) is 0 Å². The number of carbonyl (C=O) groups excluding carboxylic acids is 6. The molecule has 97 heavy (non-hydrogen) atoms. The van der Waals surface area contributed by atoms with Crippen molar-refractivity contribution in [1.82, 2.24) is 20.4 Å². The third-order valence-electron chi connectivity index (χ3n) is 14.8. The van der Waals surface area contributed by atoms with Crippen molar-refractivity contribution < 1.29 is 109 Å². The van der Waals surface area contributed by atoms with Crippen molar-refractivity contribution in [2.75, 3.05) is 244 Å². The van der Waals surface area contributed by atoms with Crippen molar-refractivity contribution >= 4 is 41.2 Å². The summed E-state index contributed by atoms with van der Waals surface area (Å²) >= 11 is 0. The molecule has 3 atom stereocenters. The van der Waals surface area contributed by atoms with Crippen LogP contribution in [0.5, 0.6) is 0 Å². The number of hydrogen-bond acceptors (Lipinski definition) is 24. The van der Waals surface area contributed by atoms with Gasteiger partial charge in [-0.1, -0.05) is 40.7 Å². The maximum absolute atomic E-state index is 13.7. The van der Waals surface area contributed by atoms with Crippen molar-refractivity contribution in [2.45, 2.75) is 113 Å². The molecule has 0 spiro atoms. The van der Waals surface area contributed by atoms with Gasteiger partial charge in [-0.05, 0) is 94.5 Å². The van der Waals surface area contributed by atoms with Crippen LogP contribution in [0.2, 0.25) is 0 Å². The highest BCUT2D eigenvalue weighted by atomic mass is 16.6. The highest BCUT2D eigenvalue weighted by molar-refractivity contribution is 6.06. The number of nitrogens with one attached hydrogen (secondary N) is 3. The second-order valence-corrected chi connectivity index (χ2v) is 25.5. The maximum Gasteiger partial charge on any atom is 0.311 e. The summed E-state index contributed by atoms with van der Waals surface area (Å²) in [4.78, 5) is 82.7. The smallest absolute Gasteiger partial charge is 0.311 e. The van der Waals surface area contributed by atoms with Crippen LogP contribution in [0.3, 0.4) is 0 Å². The first-order valence-electron chi connectivity index (χ1n) is 34.5. The molecule has 1 fully saturated rings. The van der Waals surface area contributed by atoms with Gasteiger partial charge in [0, 0.05) is 52.6 Å². The predicted octanol–water partition coefficient (Wildman–Crippen LogP) is 4.32. The van der Waals surface area contributed by atoms with Crippen molar-refractivity contribution in [3.8, 4) is 0 Å². The van der Waals surface area contributed by atoms with E-state index in [9.17, 15) is 28.8 Å². The highest BCUT2D eigenvalue weighted by Crippen LogP contribution is 2.35. The molecule has 2 rings (SSSR count). The van der Waals surface area contributed by atoms with E-state index in [1.54, 1.807) is 54.9 Å². The molecule has 0 radical (unpaired) electrons. The first-order chi connectivity index (χ1) is 46.7. The molecule has 1 aromatic rings. The van der Waals surface area contributed by atoms with Crippen molar-refractivity contribution in [2.24, 2.45) is 22.7 Å². The molecule has 562 valence electrons. The number of ether oxygens (including phenoxy) is 17. The van der Waals surface area contributed by atoms with Crippen LogP contribution in [0.15, 0.2) is 18.2 Å². The molecule has 1 aliphatic rings. The number of nitrogens with zero attached hydrogens (tertiary/aromatic N) is 2. The van der Waals surface area contributed by atoms with Gasteiger partial charge in [-0.3, -0.25) is 33.7 Å². The number of benzene rings is 1. The Morgan fingerprint density at radius 3 is 1.22 bits per heavy atom. The lowest BCUT2D eigenvalue weighted by molar-refractivity contribution is -0.154. The molecule has 5 amide bonds. The van der Waals surface area contributed by atoms with Gasteiger partial charge in [-0.15, -0.1) is 0 Å². The third kappa shape index (κ3) is 45.1. The summed E-state index contributed by atoms with van der Waals surface area (Å²) in [7, 11) is 3.27. The van der Waals surface area contributed by atoms with Gasteiger partial charge < -0.3 is 101 Å². The molecule has 1 heterocycles. The van der Waals surface area contributed by atoms with Crippen LogP contribution in [0.4, 0.5) is 5.69 Å². The molecule has 1 aliphatic heterocycles. The van der Waals surface area contributed by atoms with Crippen LogP contribution in [-0.2, 0) is 122 Å². The van der Waals surface area contributed by atoms with Gasteiger partial charge in [0.1, 0.15) is 25.2 Å². The zero-order valence-electron chi connectivity index (χ0n) is 60.6. The van der Waals surface area contributed by atoms with E-state index >= 15 is 0 Å². The summed E-state index contributed by atoms with van der Waals surface area (Å²) in [6.45, 7) is 32.3. The van der Waals surface area contributed by atoms with Crippen LogP contribution in [0, 0.1) is 22.7 Å². The van der Waals surface area contributed by atoms with E-state index in [-0.39, 0.29) is 19.0 Å². The fourth-order valence-corrected chi connectivity index (χ4v) is 9.22. The Morgan fingerprint density at radius 2 is 0.866 bits per heavy atom. The number of carbonyl (C=O) groups is 6. The lowest BCUT2D eigenvalue weighted by Gasteiger charge is -2.26. The van der Waals surface area contributed by atoms with E-state index in [4.69, 9.17) is 80.5 Å². The Hall–Kier alpha value is -4.44. The second kappa shape index (κ2) is 56.2. The third-order valence-corrected chi connectivity index (χ3v) is 14.8. The van der Waals surface area contributed by atoms with Gasteiger partial charge in [0.2, 0.25) is 29.5 Å². The summed E-state index contributed by atoms with van der Waals surface area (Å²) in [6, 6.07) is 3.33. The van der Waals surface area contributed by atoms with Crippen molar-refractivity contribution in [3.63, 3.8) is 0 Å². The SMILES string of the molecule is COCCOCCOCCOCCOCCOCCOCCOCCCN(CCCOCCOCCOCCOCCOCCOCCOCCOC)CCCc1cc(NC(=O)[C@H](C)NC(=O)[C@@H](NC(=O)CN2C(=O)CC(C(C)(C)C)C2=O)C(C)C)ccc1COC(=O)C(C)(C)C. The molecule has 28 nitrogen and oxygen atoms in total. The zero-order chi connectivity index (χ0) is 71.2. The van der Waals surface area contributed by atoms with E-state index in [0.717, 1.165) is 54.9 Å². The molecule has 0 aliphatic carbocycles. The van der Waals surface area contributed by atoms with Crippen molar-refractivity contribution in [1.29, 1.82) is 0 Å². The fourth-order valence-electron chi connectivity index (χ4n) is 9.22. The van der Waals surface area contributed by atoms with Gasteiger partial charge >= 0.3 is 5.97 Å². The van der Waals surface area contributed by atoms with E-state index in [0.29, 0.717) is 210 Å². The molecule has 0 bridgehead atoms. The maximum atomic E-state index is 13.7. The minimum Gasteiger partial charge on any atom is -0.460 e. The standard InChI is InChI=1S/C69H123N5O23/c1-55(2)63(72-61(75)53-74-62(76)52-60(66(74)79)68(4,5)6)65(78)70-56(3)64(77)71-59-17-16-58(54-97-67(80)69(7,8)9)57(51-59)15-12-18-73(19-13-21-83-27-29-87-35-37-91-43-45-95-49-47-93-41-39-89-33-31-85-25-23-81-10)20-14-22-84-28-30-88-36-38-92-44-46-96-50-48-94-42-40-90-34-32-86-26-24-82-11/h16-17,51,55-56,60,63H,12-15,18-50,52-54H2,1-11H3,(H,70,78)(H,71,77)(H,72,75)/t56-,60?,63-/m0/s1. The molecular weight excluding hydrogens is 1270 g/mol. The van der Waals surface area contributed by atoms with E-state index in [2.05, 4.69) is 20.9 Å². The molecule has 1 unspecified atom stereocenters. The van der Waals surface area contributed by atoms with Crippen LogP contribution in [0.25, 0.3) is 0 Å². The summed E-state index contributed by atoms with van der Waals surface area (Å²) in [5, 5.41) is 8.31. The van der Waals surface area contributed by atoms with Gasteiger partial charge in [0.25, 0.3) is 0 Å². The summed E-state index contributed by atoms with van der Waals surface area (Å²) in [6.07, 6.45) is 2.88. The number of esters is 1. The van der Waals surface area contributed by atoms with Gasteiger partial charge in [0.15, 0.2) is 0 Å². The summed E-state index contributed by atoms with van der Waals surface area (Å²) in [5.41, 5.74) is 0.954. The number of rotatable bonds is 64. The number of hydrogen-bond donors (Lipinski definition) is 3. The predicted molar refractivity (Wildman–Crippen MR) is 362 cm³/mol. The quantitative estimate of drug-likeness (QED) is 0.0465. The Labute approximate surface area is 577 Å². The number of anilines is 1. The number of methoxy groups -OCH3 is 2. The molecule has 1 aromatic carbocycles. The van der Waals surface area contributed by atoms with E-state index < -0.39 is 70.8 Å². The van der Waals surface area contributed by atoms with Gasteiger partial charge in [0.05, 0.1) is 196 Å². The number of aryl methyl sites for hydroxylation is 1. The van der Waals surface area contributed by atoms with Crippen LogP contribution in [0.1, 0.15) is 99.1 Å². The largest absolute Gasteiger partial charge is 0.460 e. The molecule has 0 saturated carbocycles. The zero-order valence-corrected chi connectivity index (χ0v) is 60.6. The number of imide groups is 1. The first-order valence-corrected chi connectivity index (χ1v) is 34.5. The van der Waals surface area contributed by atoms with Crippen LogP contribution in [-0.4, -0.2) is 296 Å². The minimum absolute atomic E-state index is 0.0123. The average Bonchev–Trinajstić information content (AvgIpc) is 1.64. The topological polar surface area (TPSA) is 302 Å². The Bertz CT molecular complexity index is 2170. The summed E-state index contributed by atoms with van der Waals surface area (Å²) in [5.74, 6) is -3.93. The van der Waals surface area contributed by atoms with Crippen LogP contribution >= 0.6 is 0 Å². The molecule has 3 N–H and O–H groups in total. The second-order valence-electron chi connectivity index (χ2n) is 25.5. The number of likely N-dealkylation sites (tertiary alicyclic amines) is 1. The first kappa shape index (κ1) is 88.6. The van der Waals surface area contributed by atoms with E-state index in [1.165, 1.54) is 6.92 Å². The number of amides is 5. The average molecular weight is 1390 g/mol. The van der Waals surface area contributed by atoms with Crippen LogP contribution < -0.4 is 16.0 Å². The lowest BCUT2D eigenvalue weighted by Crippen LogP contribution is -2.55. The molecule has 1 saturated heterocycles. The fraction of sp³-hybridized carbons (Fsp3) is 0.826. The Kier molecular flexibility index (Phi) is 51.4. The van der Waals surface area contributed by atoms with Crippen molar-refractivity contribution in [3.05, 3.63) is 29.3 Å².